The van der Waals surface area contributed by atoms with Crippen molar-refractivity contribution < 1.29 is 8.78 Å². The number of hydrogen-bond donors (Lipinski definition) is 0. The summed E-state index contributed by atoms with van der Waals surface area (Å²) in [6.07, 6.45) is 2.26. The van der Waals surface area contributed by atoms with Crippen molar-refractivity contribution in [2.45, 2.75) is 25.5 Å². The van der Waals surface area contributed by atoms with Gasteiger partial charge in [0.1, 0.15) is 11.6 Å². The molecule has 0 aromatic heterocycles. The SMILES string of the molecule is CCCCSCc1cc(F)ccc1F. The Bertz CT molecular complexity index is 287. The highest BCUT2D eigenvalue weighted by atomic mass is 32.2. The van der Waals surface area contributed by atoms with Gasteiger partial charge in [-0.2, -0.15) is 11.8 Å². The number of benzene rings is 1. The average molecular weight is 216 g/mol. The summed E-state index contributed by atoms with van der Waals surface area (Å²) >= 11 is 1.65. The van der Waals surface area contributed by atoms with Gasteiger partial charge in [0.2, 0.25) is 0 Å². The lowest BCUT2D eigenvalue weighted by atomic mass is 10.2. The Morgan fingerprint density at radius 1 is 1.29 bits per heavy atom. The first kappa shape index (κ1) is 11.5. The maximum absolute atomic E-state index is 13.1. The molecule has 0 unspecified atom stereocenters. The molecule has 0 heterocycles. The fourth-order valence-corrected chi connectivity index (χ4v) is 2.16. The molecular weight excluding hydrogens is 202 g/mol. The minimum absolute atomic E-state index is 0.310. The number of rotatable bonds is 5. The van der Waals surface area contributed by atoms with E-state index < -0.39 is 0 Å². The molecule has 0 bridgehead atoms. The number of unbranched alkanes of at least 4 members (excludes halogenated alkanes) is 1. The van der Waals surface area contributed by atoms with Crippen LogP contribution in [0.4, 0.5) is 8.78 Å². The largest absolute Gasteiger partial charge is 0.207 e. The molecule has 0 fully saturated rings. The maximum Gasteiger partial charge on any atom is 0.127 e. The number of hydrogen-bond acceptors (Lipinski definition) is 1. The van der Waals surface area contributed by atoms with E-state index in [0.29, 0.717) is 11.3 Å². The third-order valence-electron chi connectivity index (χ3n) is 1.91. The molecular formula is C11H14F2S. The standard InChI is InChI=1S/C11H14F2S/c1-2-3-6-14-8-9-7-10(12)4-5-11(9)13/h4-5,7H,2-3,6,8H2,1H3. The van der Waals surface area contributed by atoms with Crippen LogP contribution in [-0.2, 0) is 5.75 Å². The van der Waals surface area contributed by atoms with Crippen molar-refractivity contribution in [3.8, 4) is 0 Å². The Morgan fingerprint density at radius 3 is 2.79 bits per heavy atom. The van der Waals surface area contributed by atoms with Gasteiger partial charge < -0.3 is 0 Å². The van der Waals surface area contributed by atoms with Gasteiger partial charge in [-0.3, -0.25) is 0 Å². The molecule has 3 heteroatoms. The molecule has 0 nitrogen and oxygen atoms in total. The monoisotopic (exact) mass is 216 g/mol. The summed E-state index contributed by atoms with van der Waals surface area (Å²) in [5.74, 6) is 0.892. The Balaban J connectivity index is 2.45. The van der Waals surface area contributed by atoms with Crippen LogP contribution in [0.5, 0.6) is 0 Å². The highest BCUT2D eigenvalue weighted by Gasteiger charge is 2.03. The Morgan fingerprint density at radius 2 is 2.07 bits per heavy atom. The summed E-state index contributed by atoms with van der Waals surface area (Å²) in [5, 5.41) is 0. The first-order chi connectivity index (χ1) is 6.74. The molecule has 0 atom stereocenters. The van der Waals surface area contributed by atoms with Crippen LogP contribution >= 0.6 is 11.8 Å². The quantitative estimate of drug-likeness (QED) is 0.670. The molecule has 0 radical (unpaired) electrons. The molecule has 0 amide bonds. The zero-order valence-corrected chi connectivity index (χ0v) is 9.04. The van der Waals surface area contributed by atoms with E-state index in [0.717, 1.165) is 24.7 Å². The second kappa shape index (κ2) is 6.02. The molecule has 0 aliphatic carbocycles. The Kier molecular flexibility index (Phi) is 4.94. The van der Waals surface area contributed by atoms with Crippen molar-refractivity contribution in [3.05, 3.63) is 35.4 Å². The van der Waals surface area contributed by atoms with Gasteiger partial charge in [0.05, 0.1) is 0 Å². The first-order valence-electron chi connectivity index (χ1n) is 4.75. The van der Waals surface area contributed by atoms with Crippen LogP contribution in [-0.4, -0.2) is 5.75 Å². The molecule has 78 valence electrons. The third kappa shape index (κ3) is 3.66. The average Bonchev–Trinajstić information content (AvgIpc) is 2.18. The van der Waals surface area contributed by atoms with E-state index in [2.05, 4.69) is 6.92 Å². The first-order valence-corrected chi connectivity index (χ1v) is 5.91. The van der Waals surface area contributed by atoms with Crippen LogP contribution in [0.25, 0.3) is 0 Å². The zero-order chi connectivity index (χ0) is 10.4. The van der Waals surface area contributed by atoms with Crippen LogP contribution in [0.1, 0.15) is 25.3 Å². The second-order valence-electron chi connectivity index (χ2n) is 3.14. The van der Waals surface area contributed by atoms with Crippen molar-refractivity contribution in [1.82, 2.24) is 0 Å². The van der Waals surface area contributed by atoms with Gasteiger partial charge in [-0.05, 0) is 30.4 Å². The van der Waals surface area contributed by atoms with E-state index in [4.69, 9.17) is 0 Å². The third-order valence-corrected chi connectivity index (χ3v) is 3.00. The van der Waals surface area contributed by atoms with E-state index in [1.807, 2.05) is 0 Å². The van der Waals surface area contributed by atoms with Crippen molar-refractivity contribution in [2.75, 3.05) is 5.75 Å². The van der Waals surface area contributed by atoms with Crippen molar-refractivity contribution in [3.63, 3.8) is 0 Å². The Labute approximate surface area is 87.7 Å². The minimum Gasteiger partial charge on any atom is -0.207 e. The molecule has 0 saturated carbocycles. The van der Waals surface area contributed by atoms with Crippen molar-refractivity contribution in [1.29, 1.82) is 0 Å². The molecule has 1 aromatic carbocycles. The molecule has 1 aromatic rings. The zero-order valence-electron chi connectivity index (χ0n) is 8.22. The molecule has 0 N–H and O–H groups in total. The topological polar surface area (TPSA) is 0 Å². The highest BCUT2D eigenvalue weighted by molar-refractivity contribution is 7.98. The summed E-state index contributed by atoms with van der Waals surface area (Å²) in [6, 6.07) is 3.61. The van der Waals surface area contributed by atoms with E-state index >= 15 is 0 Å². The van der Waals surface area contributed by atoms with Crippen LogP contribution in [0.2, 0.25) is 0 Å². The Hall–Kier alpha value is -0.570. The summed E-state index contributed by atoms with van der Waals surface area (Å²) in [5.41, 5.74) is 0.464. The van der Waals surface area contributed by atoms with E-state index in [1.54, 1.807) is 11.8 Å². The van der Waals surface area contributed by atoms with Gasteiger partial charge >= 0.3 is 0 Å². The van der Waals surface area contributed by atoms with Crippen LogP contribution in [0.15, 0.2) is 18.2 Å². The summed E-state index contributed by atoms with van der Waals surface area (Å²) in [4.78, 5) is 0. The van der Waals surface area contributed by atoms with Crippen molar-refractivity contribution >= 4 is 11.8 Å². The predicted octanol–water partition coefficient (Wildman–Crippen LogP) is 4.00. The molecule has 1 rings (SSSR count). The summed E-state index contributed by atoms with van der Waals surface area (Å²) in [7, 11) is 0. The maximum atomic E-state index is 13.1. The lowest BCUT2D eigenvalue weighted by Crippen LogP contribution is -1.90. The fraction of sp³-hybridized carbons (Fsp3) is 0.455. The molecule has 0 aliphatic rings. The lowest BCUT2D eigenvalue weighted by Gasteiger charge is -2.02. The van der Waals surface area contributed by atoms with E-state index in [-0.39, 0.29) is 11.6 Å². The second-order valence-corrected chi connectivity index (χ2v) is 4.25. The summed E-state index contributed by atoms with van der Waals surface area (Å²) in [6.45, 7) is 2.11. The highest BCUT2D eigenvalue weighted by Crippen LogP contribution is 2.17. The lowest BCUT2D eigenvalue weighted by molar-refractivity contribution is 0.591. The molecule has 0 saturated heterocycles. The van der Waals surface area contributed by atoms with Crippen LogP contribution < -0.4 is 0 Å². The van der Waals surface area contributed by atoms with E-state index in [9.17, 15) is 8.78 Å². The van der Waals surface area contributed by atoms with E-state index in [1.165, 1.54) is 12.1 Å². The smallest absolute Gasteiger partial charge is 0.127 e. The van der Waals surface area contributed by atoms with Gasteiger partial charge in [0.25, 0.3) is 0 Å². The van der Waals surface area contributed by atoms with Gasteiger partial charge in [0, 0.05) is 11.3 Å². The number of halogens is 2. The van der Waals surface area contributed by atoms with Gasteiger partial charge in [0.15, 0.2) is 0 Å². The van der Waals surface area contributed by atoms with Gasteiger partial charge in [-0.1, -0.05) is 13.3 Å². The minimum atomic E-state index is -0.363. The molecule has 0 aliphatic heterocycles. The molecule has 0 spiro atoms. The molecule has 14 heavy (non-hydrogen) atoms. The predicted molar refractivity (Wildman–Crippen MR) is 57.4 cm³/mol. The van der Waals surface area contributed by atoms with Crippen LogP contribution in [0, 0.1) is 11.6 Å². The summed E-state index contributed by atoms with van der Waals surface area (Å²) < 4.78 is 25.8. The fourth-order valence-electron chi connectivity index (χ4n) is 1.08. The van der Waals surface area contributed by atoms with Crippen molar-refractivity contribution in [2.24, 2.45) is 0 Å². The normalized spacial score (nSPS) is 10.5. The number of thioether (sulfide) groups is 1. The van der Waals surface area contributed by atoms with Gasteiger partial charge in [-0.25, -0.2) is 8.78 Å². The van der Waals surface area contributed by atoms with Crippen LogP contribution in [0.3, 0.4) is 0 Å². The van der Waals surface area contributed by atoms with Gasteiger partial charge in [-0.15, -0.1) is 0 Å².